The zero-order valence-electron chi connectivity index (χ0n) is 11.7. The lowest BCUT2D eigenvalue weighted by molar-refractivity contribution is -0.138. The molecule has 3 aromatic carbocycles. The molecular formula is C17H11F3N2O. The van der Waals surface area contributed by atoms with E-state index >= 15 is 0 Å². The second kappa shape index (κ2) is 5.72. The molecule has 0 atom stereocenters. The zero-order valence-corrected chi connectivity index (χ0v) is 11.7. The lowest BCUT2D eigenvalue weighted by atomic mass is 10.1. The van der Waals surface area contributed by atoms with Crippen LogP contribution >= 0.6 is 0 Å². The van der Waals surface area contributed by atoms with Crippen molar-refractivity contribution in [1.82, 2.24) is 0 Å². The average molecular weight is 316 g/mol. The van der Waals surface area contributed by atoms with Gasteiger partial charge in [-0.25, -0.2) is 0 Å². The summed E-state index contributed by atoms with van der Waals surface area (Å²) in [5.74, 6) is -0.831. The number of rotatable bonds is 2. The van der Waals surface area contributed by atoms with Gasteiger partial charge in [0, 0.05) is 0 Å². The smallest absolute Gasteiger partial charge is 0.420 e. The second-order valence-corrected chi connectivity index (χ2v) is 4.93. The van der Waals surface area contributed by atoms with Crippen molar-refractivity contribution < 1.29 is 18.3 Å². The van der Waals surface area contributed by atoms with Gasteiger partial charge in [0.25, 0.3) is 0 Å². The van der Waals surface area contributed by atoms with E-state index in [2.05, 4.69) is 10.2 Å². The van der Waals surface area contributed by atoms with E-state index in [1.165, 1.54) is 6.07 Å². The molecule has 0 saturated heterocycles. The van der Waals surface area contributed by atoms with Crippen molar-refractivity contribution in [3.8, 4) is 5.75 Å². The number of hydrogen-bond donors (Lipinski definition) is 1. The quantitative estimate of drug-likeness (QED) is 0.581. The van der Waals surface area contributed by atoms with Gasteiger partial charge in [0.2, 0.25) is 0 Å². The number of fused-ring (bicyclic) bond motifs is 1. The lowest BCUT2D eigenvalue weighted by Gasteiger charge is -2.08. The number of alkyl halides is 3. The third-order valence-electron chi connectivity index (χ3n) is 3.30. The number of hydrogen-bond acceptors (Lipinski definition) is 3. The summed E-state index contributed by atoms with van der Waals surface area (Å²) >= 11 is 0. The Morgan fingerprint density at radius 1 is 0.739 bits per heavy atom. The minimum atomic E-state index is -4.64. The monoisotopic (exact) mass is 316 g/mol. The number of azo groups is 1. The van der Waals surface area contributed by atoms with E-state index in [9.17, 15) is 18.3 Å². The maximum atomic E-state index is 12.7. The summed E-state index contributed by atoms with van der Waals surface area (Å²) in [6, 6.07) is 16.1. The van der Waals surface area contributed by atoms with Crippen molar-refractivity contribution in [2.45, 2.75) is 6.18 Å². The number of phenolic OH excluding ortho intramolecular Hbond substituents is 1. The Balaban J connectivity index is 1.92. The Morgan fingerprint density at radius 2 is 1.35 bits per heavy atom. The van der Waals surface area contributed by atoms with Gasteiger partial charge in [-0.15, -0.1) is 0 Å². The molecule has 0 aliphatic carbocycles. The summed E-state index contributed by atoms with van der Waals surface area (Å²) in [6.07, 6.45) is -4.64. The molecule has 6 heteroatoms. The molecule has 0 radical (unpaired) electrons. The summed E-state index contributed by atoms with van der Waals surface area (Å²) < 4.78 is 38.2. The van der Waals surface area contributed by atoms with Crippen molar-refractivity contribution in [2.75, 3.05) is 0 Å². The van der Waals surface area contributed by atoms with E-state index in [-0.39, 0.29) is 5.69 Å². The third kappa shape index (κ3) is 3.31. The van der Waals surface area contributed by atoms with Crippen molar-refractivity contribution in [1.29, 1.82) is 0 Å². The molecule has 1 N–H and O–H groups in total. The molecule has 0 saturated carbocycles. The van der Waals surface area contributed by atoms with E-state index < -0.39 is 17.5 Å². The molecule has 0 heterocycles. The van der Waals surface area contributed by atoms with E-state index in [0.29, 0.717) is 5.69 Å². The number of benzene rings is 3. The Bertz CT molecular complexity index is 888. The van der Waals surface area contributed by atoms with Crippen molar-refractivity contribution in [3.05, 3.63) is 66.2 Å². The number of halogens is 3. The van der Waals surface area contributed by atoms with Crippen LogP contribution in [-0.4, -0.2) is 5.11 Å². The summed E-state index contributed by atoms with van der Waals surface area (Å²) in [4.78, 5) is 0. The zero-order chi connectivity index (χ0) is 16.4. The Labute approximate surface area is 129 Å². The van der Waals surface area contributed by atoms with Gasteiger partial charge in [-0.2, -0.15) is 23.4 Å². The topological polar surface area (TPSA) is 45.0 Å². The van der Waals surface area contributed by atoms with Gasteiger partial charge < -0.3 is 5.11 Å². The average Bonchev–Trinajstić information content (AvgIpc) is 2.53. The first kappa shape index (κ1) is 15.0. The van der Waals surface area contributed by atoms with Crippen LogP contribution < -0.4 is 0 Å². The van der Waals surface area contributed by atoms with Gasteiger partial charge in [-0.3, -0.25) is 0 Å². The van der Waals surface area contributed by atoms with Crippen LogP contribution in [0.25, 0.3) is 10.8 Å². The molecule has 3 nitrogen and oxygen atoms in total. The van der Waals surface area contributed by atoms with Gasteiger partial charge in [0.1, 0.15) is 5.75 Å². The SMILES string of the molecule is Oc1ccc(N=Nc2ccc3ccccc3c2)cc1C(F)(F)F. The van der Waals surface area contributed by atoms with E-state index in [4.69, 9.17) is 0 Å². The van der Waals surface area contributed by atoms with Crippen LogP contribution in [0.2, 0.25) is 0 Å². The molecule has 3 aromatic rings. The first-order valence-corrected chi connectivity index (χ1v) is 6.74. The molecule has 0 aromatic heterocycles. The normalized spacial score (nSPS) is 12.1. The lowest BCUT2D eigenvalue weighted by Crippen LogP contribution is -2.04. The standard InChI is InChI=1S/C17H11F3N2O/c18-17(19,20)15-10-14(7-8-16(15)23)22-21-13-6-5-11-3-1-2-4-12(11)9-13/h1-10,23H. The van der Waals surface area contributed by atoms with Gasteiger partial charge >= 0.3 is 6.18 Å². The largest absolute Gasteiger partial charge is 0.507 e. The summed E-state index contributed by atoms with van der Waals surface area (Å²) in [5.41, 5.74) is -0.582. The molecule has 0 bridgehead atoms. The molecule has 23 heavy (non-hydrogen) atoms. The minimum Gasteiger partial charge on any atom is -0.507 e. The van der Waals surface area contributed by atoms with E-state index in [0.717, 1.165) is 22.9 Å². The van der Waals surface area contributed by atoms with Gasteiger partial charge in [0.15, 0.2) is 0 Å². The first-order chi connectivity index (χ1) is 10.9. The Morgan fingerprint density at radius 3 is 2.04 bits per heavy atom. The fourth-order valence-electron chi connectivity index (χ4n) is 2.17. The molecule has 0 unspecified atom stereocenters. The van der Waals surface area contributed by atoms with Crippen LogP contribution in [0.15, 0.2) is 70.9 Å². The number of nitrogens with zero attached hydrogens (tertiary/aromatic N) is 2. The molecule has 0 amide bonds. The fraction of sp³-hybridized carbons (Fsp3) is 0.0588. The van der Waals surface area contributed by atoms with Crippen LogP contribution in [0.1, 0.15) is 5.56 Å². The third-order valence-corrected chi connectivity index (χ3v) is 3.30. The molecule has 116 valence electrons. The molecule has 3 rings (SSSR count). The van der Waals surface area contributed by atoms with Gasteiger partial charge in [0.05, 0.1) is 16.9 Å². The predicted molar refractivity (Wildman–Crippen MR) is 81.2 cm³/mol. The van der Waals surface area contributed by atoms with Crippen LogP contribution in [0.3, 0.4) is 0 Å². The number of phenols is 1. The molecule has 0 aliphatic heterocycles. The van der Waals surface area contributed by atoms with E-state index in [1.807, 2.05) is 30.3 Å². The maximum absolute atomic E-state index is 12.7. The molecule has 0 aliphatic rings. The summed E-state index contributed by atoms with van der Waals surface area (Å²) in [7, 11) is 0. The van der Waals surface area contributed by atoms with Crippen LogP contribution in [0.5, 0.6) is 5.75 Å². The van der Waals surface area contributed by atoms with Crippen LogP contribution in [0, 0.1) is 0 Å². The maximum Gasteiger partial charge on any atom is 0.420 e. The highest BCUT2D eigenvalue weighted by atomic mass is 19.4. The Hall–Kier alpha value is -2.89. The summed E-state index contributed by atoms with van der Waals surface area (Å²) in [5, 5.41) is 19.1. The van der Waals surface area contributed by atoms with Crippen molar-refractivity contribution >= 4 is 22.1 Å². The molecule has 0 spiro atoms. The first-order valence-electron chi connectivity index (χ1n) is 6.74. The Kier molecular flexibility index (Phi) is 3.73. The molecule has 0 fully saturated rings. The van der Waals surface area contributed by atoms with Crippen LogP contribution in [0.4, 0.5) is 24.5 Å². The van der Waals surface area contributed by atoms with Crippen LogP contribution in [-0.2, 0) is 6.18 Å². The fourth-order valence-corrected chi connectivity index (χ4v) is 2.17. The van der Waals surface area contributed by atoms with E-state index in [1.54, 1.807) is 12.1 Å². The second-order valence-electron chi connectivity index (χ2n) is 4.93. The van der Waals surface area contributed by atoms with Gasteiger partial charge in [-0.05, 0) is 41.1 Å². The predicted octanol–water partition coefficient (Wildman–Crippen LogP) is 5.98. The van der Waals surface area contributed by atoms with Crippen molar-refractivity contribution in [3.63, 3.8) is 0 Å². The highest BCUT2D eigenvalue weighted by Gasteiger charge is 2.34. The van der Waals surface area contributed by atoms with Crippen molar-refractivity contribution in [2.24, 2.45) is 10.2 Å². The van der Waals surface area contributed by atoms with Gasteiger partial charge in [-0.1, -0.05) is 30.3 Å². The molecular weight excluding hydrogens is 305 g/mol. The highest BCUT2D eigenvalue weighted by molar-refractivity contribution is 5.85. The summed E-state index contributed by atoms with van der Waals surface area (Å²) in [6.45, 7) is 0. The number of aromatic hydroxyl groups is 1. The minimum absolute atomic E-state index is 0.0169. The highest BCUT2D eigenvalue weighted by Crippen LogP contribution is 2.38.